The first kappa shape index (κ1) is 19.3. The van der Waals surface area contributed by atoms with Crippen molar-refractivity contribution in [2.45, 2.75) is 38.3 Å². The number of nitrogens with zero attached hydrogens (tertiary/aromatic N) is 1. The Bertz CT molecular complexity index is 829. The number of nitrogens with one attached hydrogen (secondary N) is 2. The SMILES string of the molecule is O=C(Cc1csc(NC(=O)C2CCCC2)n1)Nc1ccccc1C(F)(F)F. The fourth-order valence-electron chi connectivity index (χ4n) is 3.04. The summed E-state index contributed by atoms with van der Waals surface area (Å²) in [5, 5.41) is 7.03. The summed E-state index contributed by atoms with van der Waals surface area (Å²) in [6.45, 7) is 0. The number of thiazole rings is 1. The van der Waals surface area contributed by atoms with E-state index in [1.165, 1.54) is 29.5 Å². The molecule has 2 aromatic rings. The van der Waals surface area contributed by atoms with Crippen LogP contribution in [0.4, 0.5) is 24.0 Å². The van der Waals surface area contributed by atoms with Gasteiger partial charge < -0.3 is 10.6 Å². The third-order valence-electron chi connectivity index (χ3n) is 4.36. The van der Waals surface area contributed by atoms with Crippen LogP contribution in [0, 0.1) is 5.92 Å². The molecule has 0 atom stereocenters. The van der Waals surface area contributed by atoms with Gasteiger partial charge in [-0.05, 0) is 25.0 Å². The molecule has 1 aromatic carbocycles. The zero-order valence-corrected chi connectivity index (χ0v) is 15.1. The molecule has 2 N–H and O–H groups in total. The van der Waals surface area contributed by atoms with Crippen LogP contribution in [0.2, 0.25) is 0 Å². The van der Waals surface area contributed by atoms with Crippen molar-refractivity contribution >= 4 is 34.0 Å². The fourth-order valence-corrected chi connectivity index (χ4v) is 3.75. The summed E-state index contributed by atoms with van der Waals surface area (Å²) in [6.07, 6.45) is -0.915. The maximum atomic E-state index is 13.0. The van der Waals surface area contributed by atoms with Crippen LogP contribution < -0.4 is 10.6 Å². The molecule has 1 fully saturated rings. The van der Waals surface area contributed by atoms with Crippen LogP contribution in [0.3, 0.4) is 0 Å². The van der Waals surface area contributed by atoms with Crippen molar-refractivity contribution in [1.29, 1.82) is 0 Å². The highest BCUT2D eigenvalue weighted by Crippen LogP contribution is 2.34. The van der Waals surface area contributed by atoms with Crippen LogP contribution >= 0.6 is 11.3 Å². The van der Waals surface area contributed by atoms with Crippen molar-refractivity contribution < 1.29 is 22.8 Å². The molecule has 1 saturated carbocycles. The zero-order valence-electron chi connectivity index (χ0n) is 14.3. The molecule has 0 bridgehead atoms. The second-order valence-electron chi connectivity index (χ2n) is 6.38. The zero-order chi connectivity index (χ0) is 19.4. The number of alkyl halides is 3. The summed E-state index contributed by atoms with van der Waals surface area (Å²) in [5.41, 5.74) is -0.801. The van der Waals surface area contributed by atoms with Crippen LogP contribution in [-0.2, 0) is 22.2 Å². The van der Waals surface area contributed by atoms with E-state index in [2.05, 4.69) is 15.6 Å². The van der Waals surface area contributed by atoms with E-state index in [9.17, 15) is 22.8 Å². The van der Waals surface area contributed by atoms with Gasteiger partial charge >= 0.3 is 6.18 Å². The molecule has 0 unspecified atom stereocenters. The van der Waals surface area contributed by atoms with Gasteiger partial charge in [0.2, 0.25) is 11.8 Å². The highest BCUT2D eigenvalue weighted by molar-refractivity contribution is 7.13. The molecular weight excluding hydrogens is 379 g/mol. The monoisotopic (exact) mass is 397 g/mol. The average molecular weight is 397 g/mol. The first-order valence-corrected chi connectivity index (χ1v) is 9.42. The van der Waals surface area contributed by atoms with Gasteiger partial charge in [-0.25, -0.2) is 4.98 Å². The molecule has 3 rings (SSSR count). The third-order valence-corrected chi connectivity index (χ3v) is 5.16. The van der Waals surface area contributed by atoms with E-state index >= 15 is 0 Å². The molecule has 1 aliphatic carbocycles. The molecule has 0 spiro atoms. The first-order valence-electron chi connectivity index (χ1n) is 8.54. The van der Waals surface area contributed by atoms with Crippen LogP contribution in [0.15, 0.2) is 29.6 Å². The van der Waals surface area contributed by atoms with Gasteiger partial charge in [0.1, 0.15) is 0 Å². The molecule has 0 aliphatic heterocycles. The number of anilines is 2. The standard InChI is InChI=1S/C18H18F3N3O2S/c19-18(20,21)13-7-3-4-8-14(13)23-15(25)9-12-10-27-17(22-12)24-16(26)11-5-1-2-6-11/h3-4,7-8,10-11H,1-2,5-6,9H2,(H,23,25)(H,22,24,26). The first-order chi connectivity index (χ1) is 12.8. The van der Waals surface area contributed by atoms with Crippen LogP contribution in [0.1, 0.15) is 36.9 Å². The molecule has 0 radical (unpaired) electrons. The molecule has 9 heteroatoms. The molecule has 1 heterocycles. The smallest absolute Gasteiger partial charge is 0.325 e. The molecular formula is C18H18F3N3O2S. The number of hydrogen-bond acceptors (Lipinski definition) is 4. The molecule has 144 valence electrons. The number of para-hydroxylation sites is 1. The van der Waals surface area contributed by atoms with E-state index in [1.54, 1.807) is 5.38 Å². The van der Waals surface area contributed by atoms with Gasteiger partial charge in [0.15, 0.2) is 5.13 Å². The Morgan fingerprint density at radius 1 is 1.15 bits per heavy atom. The summed E-state index contributed by atoms with van der Waals surface area (Å²) in [4.78, 5) is 28.4. The van der Waals surface area contributed by atoms with E-state index < -0.39 is 17.6 Å². The summed E-state index contributed by atoms with van der Waals surface area (Å²) in [7, 11) is 0. The molecule has 1 aromatic heterocycles. The Morgan fingerprint density at radius 2 is 1.85 bits per heavy atom. The number of hydrogen-bond donors (Lipinski definition) is 2. The number of rotatable bonds is 5. The lowest BCUT2D eigenvalue weighted by Gasteiger charge is -2.13. The van der Waals surface area contributed by atoms with Crippen molar-refractivity contribution in [3.8, 4) is 0 Å². The summed E-state index contributed by atoms with van der Waals surface area (Å²) >= 11 is 1.19. The summed E-state index contributed by atoms with van der Waals surface area (Å²) in [5.74, 6) is -0.679. The maximum Gasteiger partial charge on any atom is 0.418 e. The van der Waals surface area contributed by atoms with Gasteiger partial charge in [0.25, 0.3) is 0 Å². The second-order valence-corrected chi connectivity index (χ2v) is 7.24. The van der Waals surface area contributed by atoms with Crippen molar-refractivity contribution in [3.63, 3.8) is 0 Å². The molecule has 27 heavy (non-hydrogen) atoms. The predicted octanol–water partition coefficient (Wildman–Crippen LogP) is 4.47. The van der Waals surface area contributed by atoms with Gasteiger partial charge in [-0.2, -0.15) is 13.2 Å². The second kappa shape index (κ2) is 8.08. The van der Waals surface area contributed by atoms with Crippen molar-refractivity contribution in [1.82, 2.24) is 4.98 Å². The lowest BCUT2D eigenvalue weighted by atomic mass is 10.1. The molecule has 5 nitrogen and oxygen atoms in total. The van der Waals surface area contributed by atoms with Crippen LogP contribution in [-0.4, -0.2) is 16.8 Å². The Hall–Kier alpha value is -2.42. The number of halogens is 3. The minimum absolute atomic E-state index is 0.000446. The van der Waals surface area contributed by atoms with Crippen molar-refractivity contribution in [2.75, 3.05) is 10.6 Å². The van der Waals surface area contributed by atoms with Gasteiger partial charge in [-0.3, -0.25) is 9.59 Å². The number of amides is 2. The highest BCUT2D eigenvalue weighted by Gasteiger charge is 2.33. The summed E-state index contributed by atoms with van der Waals surface area (Å²) < 4.78 is 38.9. The maximum absolute atomic E-state index is 13.0. The normalized spacial score (nSPS) is 14.9. The number of aromatic nitrogens is 1. The van der Waals surface area contributed by atoms with Gasteiger partial charge in [0.05, 0.1) is 23.4 Å². The Labute approximate surface area is 158 Å². The molecule has 1 aliphatic rings. The topological polar surface area (TPSA) is 71.1 Å². The van der Waals surface area contributed by atoms with Gasteiger partial charge in [-0.1, -0.05) is 25.0 Å². The minimum atomic E-state index is -4.55. The Morgan fingerprint density at radius 3 is 2.56 bits per heavy atom. The van der Waals surface area contributed by atoms with Crippen molar-refractivity contribution in [2.24, 2.45) is 5.92 Å². The van der Waals surface area contributed by atoms with Crippen LogP contribution in [0.5, 0.6) is 0 Å². The van der Waals surface area contributed by atoms with Crippen LogP contribution in [0.25, 0.3) is 0 Å². The predicted molar refractivity (Wildman–Crippen MR) is 96.5 cm³/mol. The van der Waals surface area contributed by atoms with E-state index in [1.807, 2.05) is 0 Å². The minimum Gasteiger partial charge on any atom is -0.325 e. The van der Waals surface area contributed by atoms with E-state index in [0.29, 0.717) is 10.8 Å². The Kier molecular flexibility index (Phi) is 5.79. The third kappa shape index (κ3) is 5.06. The number of carbonyl (C=O) groups is 2. The quantitative estimate of drug-likeness (QED) is 0.782. The molecule has 0 saturated heterocycles. The lowest BCUT2D eigenvalue weighted by Crippen LogP contribution is -2.20. The summed E-state index contributed by atoms with van der Waals surface area (Å²) in [6, 6.07) is 4.80. The van der Waals surface area contributed by atoms with Crippen molar-refractivity contribution in [3.05, 3.63) is 40.9 Å². The largest absolute Gasteiger partial charge is 0.418 e. The van der Waals surface area contributed by atoms with E-state index in [4.69, 9.17) is 0 Å². The average Bonchev–Trinajstić information content (AvgIpc) is 3.26. The van der Waals surface area contributed by atoms with Gasteiger partial charge in [0, 0.05) is 11.3 Å². The van der Waals surface area contributed by atoms with E-state index in [0.717, 1.165) is 31.7 Å². The highest BCUT2D eigenvalue weighted by atomic mass is 32.1. The van der Waals surface area contributed by atoms with E-state index in [-0.39, 0.29) is 23.9 Å². The fraction of sp³-hybridized carbons (Fsp3) is 0.389. The lowest BCUT2D eigenvalue weighted by molar-refractivity contribution is -0.137. The van der Waals surface area contributed by atoms with Gasteiger partial charge in [-0.15, -0.1) is 11.3 Å². The number of carbonyl (C=O) groups excluding carboxylic acids is 2. The number of benzene rings is 1. The molecule has 2 amide bonds. The Balaban J connectivity index is 1.59.